The summed E-state index contributed by atoms with van der Waals surface area (Å²) in [6.07, 6.45) is 7.01. The van der Waals surface area contributed by atoms with Crippen LogP contribution in [-0.4, -0.2) is 26.3 Å². The van der Waals surface area contributed by atoms with E-state index in [1.54, 1.807) is 36.9 Å². The minimum absolute atomic E-state index is 0.180. The van der Waals surface area contributed by atoms with E-state index in [-0.39, 0.29) is 12.8 Å². The maximum Gasteiger partial charge on any atom is 0.325 e. The molecule has 0 atom stereocenters. The van der Waals surface area contributed by atoms with Crippen LogP contribution in [0, 0.1) is 6.92 Å². The SMILES string of the molecule is Cc1cnc(Oc2ccc3c(c2)OCO3)nc1Oc1ccc(-n2ccnc2)cc1. The fraction of sp³-hybridized carbons (Fsp3) is 0.0952. The molecule has 5 rings (SSSR count). The molecule has 2 aromatic carbocycles. The molecule has 3 heterocycles. The van der Waals surface area contributed by atoms with E-state index in [1.165, 1.54) is 0 Å². The second-order valence-electron chi connectivity index (χ2n) is 6.32. The fourth-order valence-corrected chi connectivity index (χ4v) is 2.82. The summed E-state index contributed by atoms with van der Waals surface area (Å²) in [6.45, 7) is 2.08. The number of aromatic nitrogens is 4. The number of nitrogens with zero attached hydrogens (tertiary/aromatic N) is 4. The van der Waals surface area contributed by atoms with Crippen LogP contribution in [0.3, 0.4) is 0 Å². The lowest BCUT2D eigenvalue weighted by Gasteiger charge is -2.10. The van der Waals surface area contributed by atoms with Crippen LogP contribution in [0.5, 0.6) is 34.9 Å². The molecule has 0 bridgehead atoms. The largest absolute Gasteiger partial charge is 0.454 e. The third-order valence-electron chi connectivity index (χ3n) is 4.31. The van der Waals surface area contributed by atoms with Crippen LogP contribution < -0.4 is 18.9 Å². The third-order valence-corrected chi connectivity index (χ3v) is 4.31. The lowest BCUT2D eigenvalue weighted by molar-refractivity contribution is 0.174. The number of imidazole rings is 1. The molecule has 29 heavy (non-hydrogen) atoms. The van der Waals surface area contributed by atoms with Crippen molar-refractivity contribution in [3.05, 3.63) is 72.9 Å². The summed E-state index contributed by atoms with van der Waals surface area (Å²) in [5.41, 5.74) is 1.78. The smallest absolute Gasteiger partial charge is 0.325 e. The van der Waals surface area contributed by atoms with Crippen LogP contribution in [0.25, 0.3) is 5.69 Å². The van der Waals surface area contributed by atoms with Crippen LogP contribution in [-0.2, 0) is 0 Å². The van der Waals surface area contributed by atoms with Crippen LogP contribution in [0.15, 0.2) is 67.4 Å². The number of ether oxygens (including phenoxy) is 4. The summed E-state index contributed by atoms with van der Waals surface area (Å²) in [6, 6.07) is 13.1. The first-order valence-corrected chi connectivity index (χ1v) is 8.92. The van der Waals surface area contributed by atoms with Gasteiger partial charge in [-0.05, 0) is 43.3 Å². The molecule has 0 amide bonds. The summed E-state index contributed by atoms with van der Waals surface area (Å²) < 4.78 is 24.3. The second kappa shape index (κ2) is 7.16. The molecule has 0 spiro atoms. The van der Waals surface area contributed by atoms with E-state index in [2.05, 4.69) is 15.0 Å². The zero-order valence-corrected chi connectivity index (χ0v) is 15.5. The van der Waals surface area contributed by atoms with Crippen molar-refractivity contribution in [2.45, 2.75) is 6.92 Å². The van der Waals surface area contributed by atoms with Gasteiger partial charge in [-0.2, -0.15) is 4.98 Å². The van der Waals surface area contributed by atoms with Gasteiger partial charge in [0, 0.05) is 35.9 Å². The van der Waals surface area contributed by atoms with E-state index in [4.69, 9.17) is 18.9 Å². The van der Waals surface area contributed by atoms with Crippen LogP contribution in [0.2, 0.25) is 0 Å². The molecule has 0 saturated carbocycles. The Morgan fingerprint density at radius 3 is 2.62 bits per heavy atom. The topological polar surface area (TPSA) is 80.5 Å². The zero-order chi connectivity index (χ0) is 19.6. The molecule has 4 aromatic rings. The van der Waals surface area contributed by atoms with Crippen molar-refractivity contribution in [3.8, 4) is 40.6 Å². The lowest BCUT2D eigenvalue weighted by Crippen LogP contribution is -1.97. The number of benzene rings is 2. The van der Waals surface area contributed by atoms with E-state index >= 15 is 0 Å². The Kier molecular flexibility index (Phi) is 4.21. The lowest BCUT2D eigenvalue weighted by atomic mass is 10.3. The maximum absolute atomic E-state index is 5.93. The molecule has 2 aromatic heterocycles. The van der Waals surface area contributed by atoms with Crippen LogP contribution in [0.4, 0.5) is 0 Å². The third kappa shape index (κ3) is 3.55. The van der Waals surface area contributed by atoms with Crippen molar-refractivity contribution >= 4 is 0 Å². The van der Waals surface area contributed by atoms with Crippen molar-refractivity contribution in [1.82, 2.24) is 19.5 Å². The Hall–Kier alpha value is -4.07. The Morgan fingerprint density at radius 2 is 1.79 bits per heavy atom. The van der Waals surface area contributed by atoms with Gasteiger partial charge in [0.15, 0.2) is 11.5 Å². The number of rotatable bonds is 5. The molecule has 0 aliphatic carbocycles. The van der Waals surface area contributed by atoms with Gasteiger partial charge >= 0.3 is 6.01 Å². The summed E-state index contributed by atoms with van der Waals surface area (Å²) in [5, 5.41) is 0. The highest BCUT2D eigenvalue weighted by Gasteiger charge is 2.15. The molecular weight excluding hydrogens is 372 g/mol. The molecule has 0 N–H and O–H groups in total. The first-order chi connectivity index (χ1) is 14.2. The Bertz CT molecular complexity index is 1140. The average molecular weight is 388 g/mol. The quantitative estimate of drug-likeness (QED) is 0.505. The highest BCUT2D eigenvalue weighted by Crippen LogP contribution is 2.36. The summed E-state index contributed by atoms with van der Waals surface area (Å²) in [5.74, 6) is 2.94. The number of hydrogen-bond acceptors (Lipinski definition) is 7. The highest BCUT2D eigenvalue weighted by atomic mass is 16.7. The van der Waals surface area contributed by atoms with Gasteiger partial charge < -0.3 is 23.5 Å². The molecule has 0 fully saturated rings. The molecule has 1 aliphatic heterocycles. The van der Waals surface area contributed by atoms with Gasteiger partial charge in [0.2, 0.25) is 12.7 Å². The minimum atomic E-state index is 0.180. The van der Waals surface area contributed by atoms with Crippen molar-refractivity contribution in [3.63, 3.8) is 0 Å². The van der Waals surface area contributed by atoms with E-state index < -0.39 is 0 Å². The standard InChI is InChI=1S/C21H16N4O4/c1-14-11-23-21(29-17-6-7-18-19(10-17)27-13-26-18)24-20(14)28-16-4-2-15(3-5-16)25-9-8-22-12-25/h2-12H,13H2,1H3. The zero-order valence-electron chi connectivity index (χ0n) is 15.5. The van der Waals surface area contributed by atoms with Gasteiger partial charge in [0.25, 0.3) is 0 Å². The van der Waals surface area contributed by atoms with Gasteiger partial charge in [-0.15, -0.1) is 0 Å². The van der Waals surface area contributed by atoms with Crippen molar-refractivity contribution in [1.29, 1.82) is 0 Å². The molecule has 144 valence electrons. The van der Waals surface area contributed by atoms with E-state index in [9.17, 15) is 0 Å². The molecule has 1 aliphatic rings. The number of aryl methyl sites for hydroxylation is 1. The molecule has 8 heteroatoms. The Labute approximate surface area is 166 Å². The molecular formula is C21H16N4O4. The van der Waals surface area contributed by atoms with E-state index in [1.807, 2.05) is 42.0 Å². The first kappa shape index (κ1) is 17.1. The second-order valence-corrected chi connectivity index (χ2v) is 6.32. The Balaban J connectivity index is 1.34. The van der Waals surface area contributed by atoms with Gasteiger partial charge in [-0.1, -0.05) is 0 Å². The minimum Gasteiger partial charge on any atom is -0.454 e. The van der Waals surface area contributed by atoms with E-state index in [0.29, 0.717) is 28.9 Å². The molecule has 0 saturated heterocycles. The Morgan fingerprint density at radius 1 is 0.966 bits per heavy atom. The van der Waals surface area contributed by atoms with Gasteiger partial charge in [0.05, 0.1) is 6.33 Å². The van der Waals surface area contributed by atoms with Gasteiger partial charge in [0.1, 0.15) is 11.5 Å². The highest BCUT2D eigenvalue weighted by molar-refractivity contribution is 5.47. The molecule has 0 unspecified atom stereocenters. The number of hydrogen-bond donors (Lipinski definition) is 0. The van der Waals surface area contributed by atoms with Crippen molar-refractivity contribution in [2.75, 3.05) is 6.79 Å². The van der Waals surface area contributed by atoms with Crippen molar-refractivity contribution < 1.29 is 18.9 Å². The summed E-state index contributed by atoms with van der Waals surface area (Å²) >= 11 is 0. The van der Waals surface area contributed by atoms with Gasteiger partial charge in [-0.25, -0.2) is 9.97 Å². The van der Waals surface area contributed by atoms with E-state index in [0.717, 1.165) is 11.3 Å². The average Bonchev–Trinajstić information content (AvgIpc) is 3.43. The van der Waals surface area contributed by atoms with Crippen LogP contribution >= 0.6 is 0 Å². The molecule has 0 radical (unpaired) electrons. The molecule has 8 nitrogen and oxygen atoms in total. The van der Waals surface area contributed by atoms with Crippen molar-refractivity contribution in [2.24, 2.45) is 0 Å². The normalized spacial score (nSPS) is 12.0. The maximum atomic E-state index is 5.93. The first-order valence-electron chi connectivity index (χ1n) is 8.92. The summed E-state index contributed by atoms with van der Waals surface area (Å²) in [4.78, 5) is 12.7. The predicted octanol–water partition coefficient (Wildman–Crippen LogP) is 4.28. The summed E-state index contributed by atoms with van der Waals surface area (Å²) in [7, 11) is 0. The monoisotopic (exact) mass is 388 g/mol. The number of fused-ring (bicyclic) bond motifs is 1. The van der Waals surface area contributed by atoms with Gasteiger partial charge in [-0.3, -0.25) is 0 Å². The fourth-order valence-electron chi connectivity index (χ4n) is 2.82. The van der Waals surface area contributed by atoms with Crippen LogP contribution in [0.1, 0.15) is 5.56 Å². The predicted molar refractivity (Wildman–Crippen MR) is 103 cm³/mol.